The van der Waals surface area contributed by atoms with Crippen molar-refractivity contribution in [2.24, 2.45) is 0 Å². The monoisotopic (exact) mass is 444 g/mol. The van der Waals surface area contributed by atoms with E-state index in [-0.39, 0.29) is 5.60 Å². The van der Waals surface area contributed by atoms with Gasteiger partial charge in [-0.25, -0.2) is 15.0 Å². The third-order valence-corrected chi connectivity index (χ3v) is 8.11. The molecular weight excluding hydrogens is 416 g/mol. The van der Waals surface area contributed by atoms with Crippen molar-refractivity contribution in [2.75, 3.05) is 37.0 Å². The SMILES string of the molecule is CCCCSc1ncnc2c1sc1nc(N3CCOCC3)c3c(c12)CC(C)(C)OC3. The number of thioether (sulfide) groups is 1. The lowest BCUT2D eigenvalue weighted by atomic mass is 9.90. The molecule has 0 amide bonds. The predicted molar refractivity (Wildman–Crippen MR) is 124 cm³/mol. The van der Waals surface area contributed by atoms with Gasteiger partial charge in [-0.2, -0.15) is 0 Å². The van der Waals surface area contributed by atoms with Crippen molar-refractivity contribution in [1.29, 1.82) is 0 Å². The fraction of sp³-hybridized carbons (Fsp3) is 0.591. The van der Waals surface area contributed by atoms with Crippen LogP contribution in [0.2, 0.25) is 0 Å². The van der Waals surface area contributed by atoms with Crippen molar-refractivity contribution in [2.45, 2.75) is 57.3 Å². The standard InChI is InChI=1S/C22H28N4O2S2/c1-4-5-10-29-21-18-17(23-13-24-21)16-14-11-22(2,3)28-12-15(14)19(25-20(16)30-18)26-6-8-27-9-7-26/h13H,4-12H2,1-3H3. The highest BCUT2D eigenvalue weighted by Gasteiger charge is 2.33. The molecule has 30 heavy (non-hydrogen) atoms. The molecule has 0 bridgehead atoms. The van der Waals surface area contributed by atoms with E-state index in [0.29, 0.717) is 6.61 Å². The van der Waals surface area contributed by atoms with Crippen LogP contribution in [-0.2, 0) is 22.5 Å². The van der Waals surface area contributed by atoms with Gasteiger partial charge in [0, 0.05) is 30.5 Å². The van der Waals surface area contributed by atoms with Crippen molar-refractivity contribution >= 4 is 49.3 Å². The normalized spacial score (nSPS) is 18.8. The molecule has 0 atom stereocenters. The third-order valence-electron chi connectivity index (χ3n) is 5.82. The molecule has 8 heteroatoms. The van der Waals surface area contributed by atoms with Gasteiger partial charge >= 0.3 is 0 Å². The minimum atomic E-state index is -0.191. The first kappa shape index (κ1) is 20.4. The molecular formula is C22H28N4O2S2. The topological polar surface area (TPSA) is 60.4 Å². The predicted octanol–water partition coefficient (Wildman–Crippen LogP) is 4.82. The summed E-state index contributed by atoms with van der Waals surface area (Å²) in [5.74, 6) is 2.15. The Bertz CT molecular complexity index is 1080. The molecule has 0 N–H and O–H groups in total. The number of pyridine rings is 1. The van der Waals surface area contributed by atoms with Crippen LogP contribution in [0, 0.1) is 0 Å². The minimum absolute atomic E-state index is 0.191. The van der Waals surface area contributed by atoms with E-state index in [1.807, 2.05) is 11.8 Å². The van der Waals surface area contributed by atoms with E-state index < -0.39 is 0 Å². The smallest absolute Gasteiger partial charge is 0.136 e. The molecule has 0 saturated carbocycles. The minimum Gasteiger partial charge on any atom is -0.378 e. The van der Waals surface area contributed by atoms with Crippen molar-refractivity contribution in [3.8, 4) is 0 Å². The summed E-state index contributed by atoms with van der Waals surface area (Å²) in [7, 11) is 0. The quantitative estimate of drug-likeness (QED) is 0.318. The van der Waals surface area contributed by atoms with Crippen LogP contribution in [0.3, 0.4) is 0 Å². The first-order chi connectivity index (χ1) is 14.6. The van der Waals surface area contributed by atoms with Gasteiger partial charge in [-0.15, -0.1) is 23.1 Å². The maximum absolute atomic E-state index is 6.22. The largest absolute Gasteiger partial charge is 0.378 e. The fourth-order valence-electron chi connectivity index (χ4n) is 4.22. The number of morpholine rings is 1. The van der Waals surface area contributed by atoms with Crippen LogP contribution in [0.25, 0.3) is 20.4 Å². The molecule has 0 spiro atoms. The molecule has 5 heterocycles. The van der Waals surface area contributed by atoms with Gasteiger partial charge in [-0.1, -0.05) is 13.3 Å². The molecule has 0 radical (unpaired) electrons. The number of nitrogens with zero attached hydrogens (tertiary/aromatic N) is 4. The summed E-state index contributed by atoms with van der Waals surface area (Å²) < 4.78 is 13.0. The number of ether oxygens (including phenoxy) is 2. The summed E-state index contributed by atoms with van der Waals surface area (Å²) in [6.07, 6.45) is 4.98. The molecule has 0 unspecified atom stereocenters. The van der Waals surface area contributed by atoms with Gasteiger partial charge < -0.3 is 14.4 Å². The average molecular weight is 445 g/mol. The molecule has 2 aliphatic rings. The zero-order chi connectivity index (χ0) is 20.7. The Hall–Kier alpha value is -1.48. The van der Waals surface area contributed by atoms with Crippen molar-refractivity contribution in [1.82, 2.24) is 15.0 Å². The van der Waals surface area contributed by atoms with Crippen molar-refractivity contribution < 1.29 is 9.47 Å². The third kappa shape index (κ3) is 3.68. The van der Waals surface area contributed by atoms with Crippen LogP contribution in [-0.4, -0.2) is 52.6 Å². The summed E-state index contributed by atoms with van der Waals surface area (Å²) in [5.41, 5.74) is 3.44. The number of fused-ring (bicyclic) bond motifs is 5. The van der Waals surface area contributed by atoms with Gasteiger partial charge in [0.15, 0.2) is 0 Å². The zero-order valence-corrected chi connectivity index (χ0v) is 19.5. The Labute approximate surface area is 185 Å². The lowest BCUT2D eigenvalue weighted by molar-refractivity contribution is -0.0396. The highest BCUT2D eigenvalue weighted by atomic mass is 32.2. The Morgan fingerprint density at radius 1 is 1.20 bits per heavy atom. The van der Waals surface area contributed by atoms with Crippen molar-refractivity contribution in [3.63, 3.8) is 0 Å². The molecule has 3 aromatic rings. The lowest BCUT2D eigenvalue weighted by Gasteiger charge is -2.36. The molecule has 0 aromatic carbocycles. The molecule has 160 valence electrons. The lowest BCUT2D eigenvalue weighted by Crippen LogP contribution is -2.39. The number of thiophene rings is 1. The van der Waals surface area contributed by atoms with E-state index in [2.05, 4.69) is 30.7 Å². The van der Waals surface area contributed by atoms with Gasteiger partial charge in [0.2, 0.25) is 0 Å². The summed E-state index contributed by atoms with van der Waals surface area (Å²) in [6.45, 7) is 10.4. The van der Waals surface area contributed by atoms with E-state index >= 15 is 0 Å². The highest BCUT2D eigenvalue weighted by molar-refractivity contribution is 7.99. The first-order valence-electron chi connectivity index (χ1n) is 10.8. The summed E-state index contributed by atoms with van der Waals surface area (Å²) in [6, 6.07) is 0. The van der Waals surface area contributed by atoms with Gasteiger partial charge in [-0.05, 0) is 31.6 Å². The second kappa shape index (κ2) is 8.22. The maximum atomic E-state index is 6.22. The Morgan fingerprint density at radius 2 is 2.03 bits per heavy atom. The summed E-state index contributed by atoms with van der Waals surface area (Å²) >= 11 is 3.58. The van der Waals surface area contributed by atoms with Gasteiger partial charge in [0.05, 0.1) is 35.6 Å². The number of hydrogen-bond donors (Lipinski definition) is 0. The Morgan fingerprint density at radius 3 is 2.83 bits per heavy atom. The average Bonchev–Trinajstić information content (AvgIpc) is 3.13. The van der Waals surface area contributed by atoms with Crippen LogP contribution < -0.4 is 4.90 Å². The molecule has 2 aliphatic heterocycles. The van der Waals surface area contributed by atoms with E-state index in [4.69, 9.17) is 19.4 Å². The number of rotatable bonds is 5. The zero-order valence-electron chi connectivity index (χ0n) is 17.9. The molecule has 5 rings (SSSR count). The molecule has 6 nitrogen and oxygen atoms in total. The second-order valence-electron chi connectivity index (χ2n) is 8.56. The molecule has 3 aromatic heterocycles. The molecule has 1 fully saturated rings. The molecule has 1 saturated heterocycles. The Balaban J connectivity index is 1.70. The fourth-order valence-corrected chi connectivity index (χ4v) is 6.54. The van der Waals surface area contributed by atoms with E-state index in [1.54, 1.807) is 17.7 Å². The van der Waals surface area contributed by atoms with Gasteiger partial charge in [0.25, 0.3) is 0 Å². The highest BCUT2D eigenvalue weighted by Crippen LogP contribution is 2.44. The van der Waals surface area contributed by atoms with E-state index in [1.165, 1.54) is 34.1 Å². The Kier molecular flexibility index (Phi) is 5.60. The number of aromatic nitrogens is 3. The first-order valence-corrected chi connectivity index (χ1v) is 12.6. The van der Waals surface area contributed by atoms with Crippen LogP contribution in [0.1, 0.15) is 44.7 Å². The number of hydrogen-bond acceptors (Lipinski definition) is 8. The van der Waals surface area contributed by atoms with Crippen molar-refractivity contribution in [3.05, 3.63) is 17.5 Å². The second-order valence-corrected chi connectivity index (χ2v) is 10.6. The van der Waals surface area contributed by atoms with E-state index in [9.17, 15) is 0 Å². The van der Waals surface area contributed by atoms with Gasteiger partial charge in [-0.3, -0.25) is 0 Å². The van der Waals surface area contributed by atoms with E-state index in [0.717, 1.165) is 59.7 Å². The van der Waals surface area contributed by atoms with Crippen LogP contribution >= 0.6 is 23.1 Å². The van der Waals surface area contributed by atoms with Crippen LogP contribution in [0.4, 0.5) is 5.82 Å². The summed E-state index contributed by atoms with van der Waals surface area (Å²) in [4.78, 5) is 17.9. The number of anilines is 1. The summed E-state index contributed by atoms with van der Waals surface area (Å²) in [5, 5.41) is 2.29. The van der Waals surface area contributed by atoms with Crippen LogP contribution in [0.15, 0.2) is 11.4 Å². The maximum Gasteiger partial charge on any atom is 0.136 e. The number of unbranched alkanes of at least 4 members (excludes halogenated alkanes) is 1. The van der Waals surface area contributed by atoms with Gasteiger partial charge in [0.1, 0.15) is 22.0 Å². The van der Waals surface area contributed by atoms with Crippen LogP contribution in [0.5, 0.6) is 0 Å². The molecule has 0 aliphatic carbocycles.